The van der Waals surface area contributed by atoms with Crippen molar-refractivity contribution in [3.63, 3.8) is 0 Å². The average molecular weight is 521 g/mol. The largest absolute Gasteiger partial charge is 0.497 e. The standard InChI is InChI=1S/C27H23F3N6O2/c1-16-24(17-5-9-20(37-3)10-6-17)34-36(25(16)18-7-11-21(38-4)12-8-18)26-32-22(19-14-31-35(2)15-19)13-23(33-26)27(28,29)30/h5-15H,1-4H3. The van der Waals surface area contributed by atoms with Gasteiger partial charge in [-0.2, -0.15) is 28.1 Å². The molecule has 38 heavy (non-hydrogen) atoms. The normalized spacial score (nSPS) is 11.6. The molecule has 3 heterocycles. The second-order valence-corrected chi connectivity index (χ2v) is 8.53. The summed E-state index contributed by atoms with van der Waals surface area (Å²) in [7, 11) is 4.81. The van der Waals surface area contributed by atoms with Gasteiger partial charge in [-0.3, -0.25) is 4.68 Å². The summed E-state index contributed by atoms with van der Waals surface area (Å²) in [4.78, 5) is 8.38. The summed E-state index contributed by atoms with van der Waals surface area (Å²) in [5, 5.41) is 8.79. The van der Waals surface area contributed by atoms with E-state index in [2.05, 4.69) is 15.1 Å². The maximum absolute atomic E-state index is 13.9. The number of methoxy groups -OCH3 is 2. The second-order valence-electron chi connectivity index (χ2n) is 8.53. The number of alkyl halides is 3. The summed E-state index contributed by atoms with van der Waals surface area (Å²) >= 11 is 0. The number of halogens is 3. The molecule has 0 unspecified atom stereocenters. The molecule has 0 N–H and O–H groups in total. The van der Waals surface area contributed by atoms with Crippen LogP contribution >= 0.6 is 0 Å². The van der Waals surface area contributed by atoms with E-state index in [0.29, 0.717) is 34.0 Å². The molecule has 0 radical (unpaired) electrons. The molecule has 0 bridgehead atoms. The van der Waals surface area contributed by atoms with E-state index in [1.165, 1.54) is 15.6 Å². The predicted molar refractivity (Wildman–Crippen MR) is 135 cm³/mol. The van der Waals surface area contributed by atoms with E-state index >= 15 is 0 Å². The second kappa shape index (κ2) is 9.66. The highest BCUT2D eigenvalue weighted by atomic mass is 19.4. The van der Waals surface area contributed by atoms with E-state index in [0.717, 1.165) is 17.2 Å². The minimum atomic E-state index is -4.70. The first kappa shape index (κ1) is 25.0. The Hall–Kier alpha value is -4.67. The first-order chi connectivity index (χ1) is 18.2. The molecule has 0 aliphatic carbocycles. The lowest BCUT2D eigenvalue weighted by molar-refractivity contribution is -0.141. The summed E-state index contributed by atoms with van der Waals surface area (Å²) in [5.41, 5.74) is 2.75. The first-order valence-corrected chi connectivity index (χ1v) is 11.5. The van der Waals surface area contributed by atoms with Gasteiger partial charge in [0.25, 0.3) is 5.95 Å². The summed E-state index contributed by atoms with van der Waals surface area (Å²) in [6.07, 6.45) is -1.66. The average Bonchev–Trinajstić information content (AvgIpc) is 3.51. The molecule has 0 spiro atoms. The van der Waals surface area contributed by atoms with Gasteiger partial charge in [-0.05, 0) is 61.5 Å². The Labute approximate surface area is 216 Å². The number of hydrogen-bond donors (Lipinski definition) is 0. The van der Waals surface area contributed by atoms with Gasteiger partial charge >= 0.3 is 6.18 Å². The van der Waals surface area contributed by atoms with Gasteiger partial charge in [0, 0.05) is 35.5 Å². The maximum Gasteiger partial charge on any atom is 0.433 e. The van der Waals surface area contributed by atoms with Crippen LogP contribution in [0.15, 0.2) is 67.0 Å². The van der Waals surface area contributed by atoms with E-state index in [1.54, 1.807) is 51.7 Å². The highest BCUT2D eigenvalue weighted by Gasteiger charge is 2.35. The minimum Gasteiger partial charge on any atom is -0.497 e. The predicted octanol–water partition coefficient (Wildman–Crippen LogP) is 5.74. The van der Waals surface area contributed by atoms with E-state index in [9.17, 15) is 13.2 Å². The van der Waals surface area contributed by atoms with Crippen LogP contribution in [0, 0.1) is 6.92 Å². The Morgan fingerprint density at radius 2 is 1.42 bits per heavy atom. The van der Waals surface area contributed by atoms with Crippen molar-refractivity contribution < 1.29 is 22.6 Å². The molecule has 0 saturated heterocycles. The van der Waals surface area contributed by atoms with Crippen molar-refractivity contribution in [3.8, 4) is 51.2 Å². The van der Waals surface area contributed by atoms with Crippen molar-refractivity contribution in [3.05, 3.63) is 78.2 Å². The van der Waals surface area contributed by atoms with Crippen LogP contribution in [0.25, 0.3) is 39.7 Å². The summed E-state index contributed by atoms with van der Waals surface area (Å²) in [5.74, 6) is 1.10. The van der Waals surface area contributed by atoms with E-state index in [1.807, 2.05) is 31.2 Å². The molecule has 11 heteroatoms. The lowest BCUT2D eigenvalue weighted by Gasteiger charge is -2.12. The number of rotatable bonds is 6. The quantitative estimate of drug-likeness (QED) is 0.284. The molecule has 8 nitrogen and oxygen atoms in total. The zero-order valence-corrected chi connectivity index (χ0v) is 21.0. The zero-order chi connectivity index (χ0) is 27.0. The molecular weight excluding hydrogens is 497 g/mol. The molecule has 0 aliphatic heterocycles. The van der Waals surface area contributed by atoms with Crippen LogP contribution in [0.2, 0.25) is 0 Å². The fraction of sp³-hybridized carbons (Fsp3) is 0.185. The van der Waals surface area contributed by atoms with Crippen LogP contribution in [0.4, 0.5) is 13.2 Å². The topological polar surface area (TPSA) is 79.9 Å². The van der Waals surface area contributed by atoms with Gasteiger partial charge in [-0.25, -0.2) is 9.97 Å². The van der Waals surface area contributed by atoms with Crippen molar-refractivity contribution in [2.24, 2.45) is 7.05 Å². The van der Waals surface area contributed by atoms with Crippen molar-refractivity contribution in [1.29, 1.82) is 0 Å². The summed E-state index contributed by atoms with van der Waals surface area (Å²) < 4.78 is 55.2. The van der Waals surface area contributed by atoms with Crippen LogP contribution in [0.3, 0.4) is 0 Å². The Morgan fingerprint density at radius 3 is 1.95 bits per heavy atom. The fourth-order valence-electron chi connectivity index (χ4n) is 4.13. The zero-order valence-electron chi connectivity index (χ0n) is 21.0. The van der Waals surface area contributed by atoms with Gasteiger partial charge in [-0.1, -0.05) is 0 Å². The molecule has 0 atom stereocenters. The fourth-order valence-corrected chi connectivity index (χ4v) is 4.13. The van der Waals surface area contributed by atoms with E-state index < -0.39 is 11.9 Å². The number of aromatic nitrogens is 6. The van der Waals surface area contributed by atoms with Crippen molar-refractivity contribution in [2.45, 2.75) is 13.1 Å². The number of benzene rings is 2. The van der Waals surface area contributed by atoms with Crippen molar-refractivity contribution >= 4 is 0 Å². The molecule has 3 aromatic heterocycles. The van der Waals surface area contributed by atoms with Crippen molar-refractivity contribution in [2.75, 3.05) is 14.2 Å². The molecule has 2 aromatic carbocycles. The van der Waals surface area contributed by atoms with Crippen LogP contribution in [-0.2, 0) is 13.2 Å². The Balaban J connectivity index is 1.77. The Kier molecular flexibility index (Phi) is 6.35. The monoisotopic (exact) mass is 520 g/mol. The van der Waals surface area contributed by atoms with Gasteiger partial charge in [0.15, 0.2) is 5.69 Å². The summed E-state index contributed by atoms with van der Waals surface area (Å²) in [6, 6.07) is 15.3. The number of hydrogen-bond acceptors (Lipinski definition) is 6. The molecule has 0 aliphatic rings. The van der Waals surface area contributed by atoms with Gasteiger partial charge in [-0.15, -0.1) is 0 Å². The van der Waals surface area contributed by atoms with E-state index in [4.69, 9.17) is 14.6 Å². The number of aryl methyl sites for hydroxylation is 1. The van der Waals surface area contributed by atoms with Crippen LogP contribution in [0.1, 0.15) is 11.3 Å². The third-order valence-corrected chi connectivity index (χ3v) is 6.04. The first-order valence-electron chi connectivity index (χ1n) is 11.5. The molecular formula is C27H23F3N6O2. The molecule has 194 valence electrons. The molecule has 0 amide bonds. The van der Waals surface area contributed by atoms with Crippen molar-refractivity contribution in [1.82, 2.24) is 29.5 Å². The molecule has 5 rings (SSSR count). The van der Waals surface area contributed by atoms with Gasteiger partial charge in [0.05, 0.1) is 37.5 Å². The maximum atomic E-state index is 13.9. The van der Waals surface area contributed by atoms with Gasteiger partial charge in [0.1, 0.15) is 11.5 Å². The van der Waals surface area contributed by atoms with Gasteiger partial charge < -0.3 is 9.47 Å². The van der Waals surface area contributed by atoms with Crippen LogP contribution in [-0.4, -0.2) is 43.7 Å². The third-order valence-electron chi connectivity index (χ3n) is 6.04. The highest BCUT2D eigenvalue weighted by molar-refractivity contribution is 5.76. The van der Waals surface area contributed by atoms with Gasteiger partial charge in [0.2, 0.25) is 0 Å². The summed E-state index contributed by atoms with van der Waals surface area (Å²) in [6.45, 7) is 1.86. The lowest BCUT2D eigenvalue weighted by Crippen LogP contribution is -2.14. The molecule has 0 saturated carbocycles. The highest BCUT2D eigenvalue weighted by Crippen LogP contribution is 2.36. The third kappa shape index (κ3) is 4.70. The van der Waals surface area contributed by atoms with E-state index in [-0.39, 0.29) is 11.6 Å². The van der Waals surface area contributed by atoms with Crippen LogP contribution in [0.5, 0.6) is 11.5 Å². The van der Waals surface area contributed by atoms with Crippen LogP contribution < -0.4 is 9.47 Å². The molecule has 0 fully saturated rings. The Bertz CT molecular complexity index is 1590. The minimum absolute atomic E-state index is 0.0789. The number of ether oxygens (including phenoxy) is 2. The smallest absolute Gasteiger partial charge is 0.433 e. The molecule has 5 aromatic rings. The lowest BCUT2D eigenvalue weighted by atomic mass is 10.0. The number of nitrogens with zero attached hydrogens (tertiary/aromatic N) is 6. The SMILES string of the molecule is COc1ccc(-c2nn(-c3nc(-c4cnn(C)c4)cc(C(F)(F)F)n3)c(-c3ccc(OC)cc3)c2C)cc1. The Morgan fingerprint density at radius 1 is 0.816 bits per heavy atom.